The van der Waals surface area contributed by atoms with Crippen molar-refractivity contribution in [2.24, 2.45) is 0 Å². The van der Waals surface area contributed by atoms with Crippen molar-refractivity contribution in [3.8, 4) is 0 Å². The normalized spacial score (nSPS) is 15.7. The van der Waals surface area contributed by atoms with Crippen LogP contribution in [0.2, 0.25) is 0 Å². The molecule has 1 rings (SSSR count). The van der Waals surface area contributed by atoms with Crippen LogP contribution >= 0.6 is 0 Å². The van der Waals surface area contributed by atoms with E-state index in [0.29, 0.717) is 13.1 Å². The van der Waals surface area contributed by atoms with E-state index in [4.69, 9.17) is 9.84 Å². The highest BCUT2D eigenvalue weighted by molar-refractivity contribution is 6.35. The lowest BCUT2D eigenvalue weighted by Crippen LogP contribution is -2.42. The Labute approximate surface area is 126 Å². The minimum atomic E-state index is -0.578. The molecule has 2 amide bonds. The van der Waals surface area contributed by atoms with E-state index in [1.165, 1.54) is 0 Å². The number of ether oxygens (including phenoxy) is 1. The highest BCUT2D eigenvalue weighted by Gasteiger charge is 2.13. The van der Waals surface area contributed by atoms with Gasteiger partial charge in [-0.25, -0.2) is 0 Å². The molecule has 122 valence electrons. The fourth-order valence-electron chi connectivity index (χ4n) is 2.11. The lowest BCUT2D eigenvalue weighted by Gasteiger charge is -2.26. The van der Waals surface area contributed by atoms with E-state index >= 15 is 0 Å². The quantitative estimate of drug-likeness (QED) is 0.379. The molecular formula is C14H27N3O4. The van der Waals surface area contributed by atoms with E-state index < -0.39 is 11.8 Å². The zero-order valence-electron chi connectivity index (χ0n) is 12.6. The van der Waals surface area contributed by atoms with Crippen LogP contribution in [0.25, 0.3) is 0 Å². The van der Waals surface area contributed by atoms with Crippen LogP contribution < -0.4 is 10.6 Å². The number of unbranched alkanes of at least 4 members (excludes halogenated alkanes) is 2. The summed E-state index contributed by atoms with van der Waals surface area (Å²) in [5, 5.41) is 13.8. The monoisotopic (exact) mass is 301 g/mol. The van der Waals surface area contributed by atoms with Crippen molar-refractivity contribution >= 4 is 11.8 Å². The van der Waals surface area contributed by atoms with Crippen LogP contribution in [-0.4, -0.2) is 74.4 Å². The number of hydrogen-bond acceptors (Lipinski definition) is 5. The summed E-state index contributed by atoms with van der Waals surface area (Å²) in [5.74, 6) is -1.15. The van der Waals surface area contributed by atoms with Crippen LogP contribution in [0.1, 0.15) is 25.7 Å². The van der Waals surface area contributed by atoms with Crippen molar-refractivity contribution in [2.75, 3.05) is 52.5 Å². The lowest BCUT2D eigenvalue weighted by molar-refractivity contribution is -0.139. The summed E-state index contributed by atoms with van der Waals surface area (Å²) in [4.78, 5) is 25.3. The molecule has 3 N–H and O–H groups in total. The molecule has 7 nitrogen and oxygen atoms in total. The van der Waals surface area contributed by atoms with Gasteiger partial charge in [-0.2, -0.15) is 0 Å². The van der Waals surface area contributed by atoms with Crippen molar-refractivity contribution < 1.29 is 19.4 Å². The third-order valence-corrected chi connectivity index (χ3v) is 3.37. The summed E-state index contributed by atoms with van der Waals surface area (Å²) in [6, 6.07) is 0. The van der Waals surface area contributed by atoms with Gasteiger partial charge in [-0.15, -0.1) is 0 Å². The Morgan fingerprint density at radius 2 is 1.57 bits per heavy atom. The Kier molecular flexibility index (Phi) is 9.77. The number of aliphatic hydroxyl groups excluding tert-OH is 1. The first-order valence-corrected chi connectivity index (χ1v) is 7.71. The van der Waals surface area contributed by atoms with Crippen molar-refractivity contribution in [1.29, 1.82) is 0 Å². The summed E-state index contributed by atoms with van der Waals surface area (Å²) in [5.41, 5.74) is 0. The van der Waals surface area contributed by atoms with E-state index in [1.807, 2.05) is 0 Å². The van der Waals surface area contributed by atoms with E-state index in [2.05, 4.69) is 15.5 Å². The first-order chi connectivity index (χ1) is 10.2. The molecule has 0 aromatic rings. The molecular weight excluding hydrogens is 274 g/mol. The average molecular weight is 301 g/mol. The van der Waals surface area contributed by atoms with Gasteiger partial charge in [0.2, 0.25) is 0 Å². The number of aliphatic hydroxyl groups is 1. The molecule has 7 heteroatoms. The summed E-state index contributed by atoms with van der Waals surface area (Å²) in [6.45, 7) is 5.46. The molecule has 1 aliphatic rings. The fourth-order valence-corrected chi connectivity index (χ4v) is 2.11. The Balaban J connectivity index is 1.97. The van der Waals surface area contributed by atoms with Crippen molar-refractivity contribution in [2.45, 2.75) is 25.7 Å². The van der Waals surface area contributed by atoms with Gasteiger partial charge in [0.05, 0.1) is 13.2 Å². The maximum absolute atomic E-state index is 11.5. The molecule has 0 spiro atoms. The minimum absolute atomic E-state index is 0.164. The number of morpholine rings is 1. The highest BCUT2D eigenvalue weighted by Crippen LogP contribution is 1.97. The largest absolute Gasteiger partial charge is 0.396 e. The summed E-state index contributed by atoms with van der Waals surface area (Å²) < 4.78 is 5.26. The molecule has 0 atom stereocenters. The topological polar surface area (TPSA) is 90.9 Å². The van der Waals surface area contributed by atoms with Gasteiger partial charge >= 0.3 is 11.8 Å². The second kappa shape index (κ2) is 11.5. The number of carbonyl (C=O) groups excluding carboxylic acids is 2. The summed E-state index contributed by atoms with van der Waals surface area (Å²) in [7, 11) is 0. The third-order valence-electron chi connectivity index (χ3n) is 3.37. The minimum Gasteiger partial charge on any atom is -0.396 e. The van der Waals surface area contributed by atoms with E-state index in [1.54, 1.807) is 0 Å². The third kappa shape index (κ3) is 8.64. The SMILES string of the molecule is O=C(NCCCCCO)C(=O)NCCCN1CCOCC1. The lowest BCUT2D eigenvalue weighted by atomic mass is 10.2. The predicted molar refractivity (Wildman–Crippen MR) is 78.8 cm³/mol. The molecule has 0 radical (unpaired) electrons. The molecule has 1 aliphatic heterocycles. The van der Waals surface area contributed by atoms with E-state index in [0.717, 1.165) is 58.5 Å². The van der Waals surface area contributed by atoms with E-state index in [9.17, 15) is 9.59 Å². The Bertz CT molecular complexity index is 307. The number of nitrogens with one attached hydrogen (secondary N) is 2. The Hall–Kier alpha value is -1.18. The van der Waals surface area contributed by atoms with Gasteiger partial charge in [-0.1, -0.05) is 0 Å². The fraction of sp³-hybridized carbons (Fsp3) is 0.857. The summed E-state index contributed by atoms with van der Waals surface area (Å²) >= 11 is 0. The Morgan fingerprint density at radius 1 is 0.952 bits per heavy atom. The van der Waals surface area contributed by atoms with Crippen molar-refractivity contribution in [3.05, 3.63) is 0 Å². The molecule has 1 heterocycles. The molecule has 0 saturated carbocycles. The van der Waals surface area contributed by atoms with Crippen LogP contribution in [0.15, 0.2) is 0 Å². The number of carbonyl (C=O) groups is 2. The molecule has 0 bridgehead atoms. The van der Waals surface area contributed by atoms with Crippen molar-refractivity contribution in [3.63, 3.8) is 0 Å². The van der Waals surface area contributed by atoms with Gasteiger partial charge < -0.3 is 20.5 Å². The number of hydrogen-bond donors (Lipinski definition) is 3. The molecule has 1 saturated heterocycles. The van der Waals surface area contributed by atoms with Gasteiger partial charge in [0, 0.05) is 32.8 Å². The molecule has 0 aromatic carbocycles. The molecule has 0 aromatic heterocycles. The Morgan fingerprint density at radius 3 is 2.19 bits per heavy atom. The smallest absolute Gasteiger partial charge is 0.309 e. The highest BCUT2D eigenvalue weighted by atomic mass is 16.5. The zero-order chi connectivity index (χ0) is 15.3. The first kappa shape index (κ1) is 17.9. The van der Waals surface area contributed by atoms with Crippen LogP contribution in [0.3, 0.4) is 0 Å². The van der Waals surface area contributed by atoms with Gasteiger partial charge in [0.25, 0.3) is 0 Å². The number of nitrogens with zero attached hydrogens (tertiary/aromatic N) is 1. The molecule has 0 aliphatic carbocycles. The molecule has 0 unspecified atom stereocenters. The molecule has 1 fully saturated rings. The maximum Gasteiger partial charge on any atom is 0.309 e. The standard InChI is InChI=1S/C14H27N3O4/c18-10-3-1-2-5-15-13(19)14(20)16-6-4-7-17-8-11-21-12-9-17/h18H,1-12H2,(H,15,19)(H,16,20). The number of rotatable bonds is 9. The van der Waals surface area contributed by atoms with Gasteiger partial charge in [-0.3, -0.25) is 14.5 Å². The van der Waals surface area contributed by atoms with E-state index in [-0.39, 0.29) is 6.61 Å². The zero-order valence-corrected chi connectivity index (χ0v) is 12.6. The second-order valence-corrected chi connectivity index (χ2v) is 5.10. The molecule has 21 heavy (non-hydrogen) atoms. The van der Waals surface area contributed by atoms with Crippen LogP contribution in [0.4, 0.5) is 0 Å². The number of amides is 2. The van der Waals surface area contributed by atoms with Gasteiger partial charge in [0.15, 0.2) is 0 Å². The maximum atomic E-state index is 11.5. The van der Waals surface area contributed by atoms with Gasteiger partial charge in [-0.05, 0) is 32.2 Å². The second-order valence-electron chi connectivity index (χ2n) is 5.10. The average Bonchev–Trinajstić information content (AvgIpc) is 2.52. The van der Waals surface area contributed by atoms with Crippen LogP contribution in [-0.2, 0) is 14.3 Å². The first-order valence-electron chi connectivity index (χ1n) is 7.71. The van der Waals surface area contributed by atoms with Gasteiger partial charge in [0.1, 0.15) is 0 Å². The predicted octanol–water partition coefficient (Wildman–Crippen LogP) is -0.896. The van der Waals surface area contributed by atoms with Crippen LogP contribution in [0.5, 0.6) is 0 Å². The summed E-state index contributed by atoms with van der Waals surface area (Å²) in [6.07, 6.45) is 3.17. The van der Waals surface area contributed by atoms with Crippen LogP contribution in [0, 0.1) is 0 Å². The van der Waals surface area contributed by atoms with Crippen molar-refractivity contribution in [1.82, 2.24) is 15.5 Å².